The number of halogens is 1. The van der Waals surface area contributed by atoms with Gasteiger partial charge in [0.15, 0.2) is 0 Å². The van der Waals surface area contributed by atoms with Gasteiger partial charge in [-0.3, -0.25) is 14.4 Å². The van der Waals surface area contributed by atoms with Gasteiger partial charge in [0.25, 0.3) is 5.91 Å². The molecule has 2 N–H and O–H groups in total. The molecule has 1 atom stereocenters. The van der Waals surface area contributed by atoms with Gasteiger partial charge in [0.1, 0.15) is 24.0 Å². The van der Waals surface area contributed by atoms with Crippen molar-refractivity contribution in [3.8, 4) is 0 Å². The molecule has 2 aromatic rings. The van der Waals surface area contributed by atoms with Crippen LogP contribution in [0.25, 0.3) is 0 Å². The van der Waals surface area contributed by atoms with E-state index in [0.717, 1.165) is 5.56 Å². The summed E-state index contributed by atoms with van der Waals surface area (Å²) >= 11 is 0. The summed E-state index contributed by atoms with van der Waals surface area (Å²) < 4.78 is 19.4. The summed E-state index contributed by atoms with van der Waals surface area (Å²) in [6, 6.07) is 14.6. The lowest BCUT2D eigenvalue weighted by molar-refractivity contribution is -0.161. The van der Waals surface area contributed by atoms with Gasteiger partial charge in [-0.15, -0.1) is 0 Å². The second-order valence-corrected chi connectivity index (χ2v) is 10.3. The number of piperidine rings is 1. The lowest BCUT2D eigenvalue weighted by atomic mass is 9.81. The molecule has 2 heterocycles. The first-order valence-corrected chi connectivity index (χ1v) is 14.0. The lowest BCUT2D eigenvalue weighted by Crippen LogP contribution is -2.73. The van der Waals surface area contributed by atoms with Gasteiger partial charge in [0.05, 0.1) is 5.56 Å². The van der Waals surface area contributed by atoms with Crippen molar-refractivity contribution in [1.29, 1.82) is 0 Å². The van der Waals surface area contributed by atoms with Crippen LogP contribution >= 0.6 is 0 Å². The highest BCUT2D eigenvalue weighted by Gasteiger charge is 2.53. The Kier molecular flexibility index (Phi) is 9.74. The number of piperazine rings is 1. The molecule has 9 nitrogen and oxygen atoms in total. The number of benzene rings is 2. The Morgan fingerprint density at radius 2 is 1.75 bits per heavy atom. The van der Waals surface area contributed by atoms with Crippen molar-refractivity contribution in [2.75, 3.05) is 26.2 Å². The molecule has 0 saturated carbocycles. The summed E-state index contributed by atoms with van der Waals surface area (Å²) in [4.78, 5) is 55.0. The number of likely N-dealkylation sites (tertiary alicyclic amines) is 1. The Balaban J connectivity index is 1.26. The van der Waals surface area contributed by atoms with Crippen LogP contribution in [0.4, 0.5) is 9.18 Å². The number of carbonyl (C=O) groups is 4. The van der Waals surface area contributed by atoms with Crippen molar-refractivity contribution in [3.63, 3.8) is 0 Å². The van der Waals surface area contributed by atoms with Crippen molar-refractivity contribution in [3.05, 3.63) is 71.5 Å². The number of nitrogens with zero attached hydrogens (tertiary/aromatic N) is 2. The fourth-order valence-electron chi connectivity index (χ4n) is 5.44. The minimum Gasteiger partial charge on any atom is -0.445 e. The highest BCUT2D eigenvalue weighted by molar-refractivity contribution is 6.00. The maximum atomic E-state index is 14.2. The van der Waals surface area contributed by atoms with E-state index in [2.05, 4.69) is 10.6 Å². The van der Waals surface area contributed by atoms with Crippen LogP contribution in [0.3, 0.4) is 0 Å². The van der Waals surface area contributed by atoms with Gasteiger partial charge in [0.2, 0.25) is 11.8 Å². The molecular weight excluding hydrogens is 515 g/mol. The van der Waals surface area contributed by atoms with E-state index in [1.54, 1.807) is 15.9 Å². The molecule has 2 saturated heterocycles. The minimum absolute atomic E-state index is 0.00653. The number of nitrogens with one attached hydrogen (secondary N) is 2. The topological polar surface area (TPSA) is 108 Å². The van der Waals surface area contributed by atoms with Crippen LogP contribution in [-0.4, -0.2) is 71.4 Å². The summed E-state index contributed by atoms with van der Waals surface area (Å²) in [5.41, 5.74) is -0.104. The molecule has 10 heteroatoms. The second-order valence-electron chi connectivity index (χ2n) is 10.3. The normalized spacial score (nSPS) is 18.4. The Morgan fingerprint density at radius 1 is 1.05 bits per heavy atom. The number of amides is 4. The van der Waals surface area contributed by atoms with Crippen molar-refractivity contribution >= 4 is 23.8 Å². The quantitative estimate of drug-likeness (QED) is 0.438. The molecule has 0 aliphatic carbocycles. The molecule has 4 rings (SSSR count). The first-order valence-electron chi connectivity index (χ1n) is 14.0. The number of hydrogen-bond donors (Lipinski definition) is 2. The highest BCUT2D eigenvalue weighted by atomic mass is 19.1. The third-order valence-electron chi connectivity index (χ3n) is 7.64. The smallest absolute Gasteiger partial charge is 0.407 e. The maximum Gasteiger partial charge on any atom is 0.407 e. The van der Waals surface area contributed by atoms with Gasteiger partial charge < -0.3 is 25.2 Å². The zero-order chi connectivity index (χ0) is 28.5. The molecule has 4 amide bonds. The van der Waals surface area contributed by atoms with E-state index >= 15 is 0 Å². The van der Waals surface area contributed by atoms with Gasteiger partial charge in [-0.05, 0) is 56.2 Å². The molecule has 2 aromatic carbocycles. The number of ether oxygens (including phenoxy) is 1. The molecule has 0 aromatic heterocycles. The third kappa shape index (κ3) is 6.60. The number of alkyl carbamates (subject to hydrolysis) is 1. The Labute approximate surface area is 234 Å². The first kappa shape index (κ1) is 29.0. The van der Waals surface area contributed by atoms with Gasteiger partial charge in [-0.25, -0.2) is 9.18 Å². The largest absolute Gasteiger partial charge is 0.445 e. The van der Waals surface area contributed by atoms with E-state index in [1.165, 1.54) is 18.2 Å². The molecule has 0 unspecified atom stereocenters. The van der Waals surface area contributed by atoms with Crippen molar-refractivity contribution in [2.24, 2.45) is 0 Å². The van der Waals surface area contributed by atoms with E-state index in [9.17, 15) is 23.6 Å². The number of carbonyl (C=O) groups excluding carboxylic acids is 4. The van der Waals surface area contributed by atoms with Crippen LogP contribution in [0.2, 0.25) is 0 Å². The zero-order valence-corrected chi connectivity index (χ0v) is 22.9. The molecule has 2 aliphatic heterocycles. The minimum atomic E-state index is -1.01. The van der Waals surface area contributed by atoms with Crippen molar-refractivity contribution < 1.29 is 28.3 Å². The summed E-state index contributed by atoms with van der Waals surface area (Å²) in [6.45, 7) is 3.51. The van der Waals surface area contributed by atoms with Crippen molar-refractivity contribution in [2.45, 2.75) is 63.6 Å². The van der Waals surface area contributed by atoms with Crippen LogP contribution < -0.4 is 10.6 Å². The van der Waals surface area contributed by atoms with E-state index < -0.39 is 29.4 Å². The average Bonchev–Trinajstić information content (AvgIpc) is 2.97. The van der Waals surface area contributed by atoms with Gasteiger partial charge in [-0.2, -0.15) is 0 Å². The van der Waals surface area contributed by atoms with Crippen LogP contribution in [0, 0.1) is 5.82 Å². The summed E-state index contributed by atoms with van der Waals surface area (Å²) in [6.07, 6.45) is 2.51. The number of rotatable bonds is 10. The Hall–Kier alpha value is -3.95. The molecule has 214 valence electrons. The molecule has 2 aliphatic rings. The van der Waals surface area contributed by atoms with Crippen LogP contribution in [0.5, 0.6) is 0 Å². The predicted octanol–water partition coefficient (Wildman–Crippen LogP) is 3.63. The van der Waals surface area contributed by atoms with E-state index in [0.29, 0.717) is 51.6 Å². The van der Waals surface area contributed by atoms with Crippen LogP contribution in [-0.2, 0) is 20.9 Å². The second kappa shape index (κ2) is 13.4. The molecule has 1 spiro atoms. The first-order chi connectivity index (χ1) is 19.4. The number of unbranched alkanes of at least 4 members (excludes halogenated alkanes) is 1. The molecule has 0 bridgehead atoms. The summed E-state index contributed by atoms with van der Waals surface area (Å²) in [7, 11) is 0. The fourth-order valence-corrected chi connectivity index (χ4v) is 5.44. The predicted molar refractivity (Wildman–Crippen MR) is 147 cm³/mol. The zero-order valence-electron chi connectivity index (χ0n) is 22.9. The van der Waals surface area contributed by atoms with Crippen LogP contribution in [0.1, 0.15) is 61.4 Å². The molecule has 0 radical (unpaired) electrons. The van der Waals surface area contributed by atoms with Gasteiger partial charge in [-0.1, -0.05) is 49.4 Å². The highest BCUT2D eigenvalue weighted by Crippen LogP contribution is 2.34. The SMILES string of the molecule is CCCN1C(=O)[C@H](CCCCNC(=O)OCc2ccccc2)NC(=O)C12CCN(C(=O)c1ccccc1F)CC2. The molecule has 2 fully saturated rings. The summed E-state index contributed by atoms with van der Waals surface area (Å²) in [5, 5.41) is 5.65. The van der Waals surface area contributed by atoms with Crippen molar-refractivity contribution in [1.82, 2.24) is 20.4 Å². The standard InChI is InChI=1S/C30H37FN4O5/c1-2-18-35-27(37)25(14-8-9-17-32-29(39)40-21-22-10-4-3-5-11-22)33-28(38)30(35)15-19-34(20-16-30)26(36)23-12-6-7-13-24(23)31/h3-7,10-13,25H,2,8-9,14-21H2,1H3,(H,32,39)(H,33,38)/t25-/m0/s1. The van der Waals surface area contributed by atoms with E-state index in [1.807, 2.05) is 37.3 Å². The maximum absolute atomic E-state index is 14.2. The third-order valence-corrected chi connectivity index (χ3v) is 7.64. The van der Waals surface area contributed by atoms with E-state index in [4.69, 9.17) is 4.74 Å². The Morgan fingerprint density at radius 3 is 2.45 bits per heavy atom. The average molecular weight is 553 g/mol. The number of hydrogen-bond acceptors (Lipinski definition) is 5. The van der Waals surface area contributed by atoms with Gasteiger partial charge >= 0.3 is 6.09 Å². The fraction of sp³-hybridized carbons (Fsp3) is 0.467. The monoisotopic (exact) mass is 552 g/mol. The van der Waals surface area contributed by atoms with Crippen LogP contribution in [0.15, 0.2) is 54.6 Å². The summed E-state index contributed by atoms with van der Waals surface area (Å²) in [5.74, 6) is -1.31. The van der Waals surface area contributed by atoms with E-state index in [-0.39, 0.29) is 37.1 Å². The molecular formula is C30H37FN4O5. The van der Waals surface area contributed by atoms with Gasteiger partial charge in [0, 0.05) is 26.2 Å². The molecule has 40 heavy (non-hydrogen) atoms. The Bertz CT molecular complexity index is 1200. The lowest BCUT2D eigenvalue weighted by Gasteiger charge is -2.51.